The first kappa shape index (κ1) is 16.0. The van der Waals surface area contributed by atoms with Gasteiger partial charge in [0.15, 0.2) is 0 Å². The summed E-state index contributed by atoms with van der Waals surface area (Å²) < 4.78 is 0. The Morgan fingerprint density at radius 2 is 2.11 bits per heavy atom. The van der Waals surface area contributed by atoms with Gasteiger partial charge < -0.3 is 10.6 Å². The summed E-state index contributed by atoms with van der Waals surface area (Å²) in [7, 11) is 1.92. The van der Waals surface area contributed by atoms with E-state index in [0.29, 0.717) is 0 Å². The van der Waals surface area contributed by atoms with Gasteiger partial charge in [-0.25, -0.2) is 0 Å². The second-order valence-corrected chi connectivity index (χ2v) is 5.22. The molecule has 106 valence electrons. The van der Waals surface area contributed by atoms with Crippen molar-refractivity contribution in [2.24, 2.45) is 5.41 Å². The minimum Gasteiger partial charge on any atom is -0.326 e. The minimum atomic E-state index is -0.0617. The first-order chi connectivity index (χ1) is 8.70. The Balaban J connectivity index is 0.00000180. The Labute approximate surface area is 121 Å². The minimum absolute atomic E-state index is 0. The molecule has 0 atom stereocenters. The maximum atomic E-state index is 12.2. The van der Waals surface area contributed by atoms with Crippen molar-refractivity contribution < 1.29 is 4.79 Å². The summed E-state index contributed by atoms with van der Waals surface area (Å²) in [5.41, 5.74) is 2.04. The molecule has 4 heteroatoms. The molecule has 0 aromatic heterocycles. The van der Waals surface area contributed by atoms with E-state index in [1.807, 2.05) is 25.2 Å². The quantitative estimate of drug-likeness (QED) is 0.840. The largest absolute Gasteiger partial charge is 0.326 e. The Hall–Kier alpha value is -1.06. The van der Waals surface area contributed by atoms with Crippen molar-refractivity contribution in [1.29, 1.82) is 0 Å². The monoisotopic (exact) mass is 282 g/mol. The van der Waals surface area contributed by atoms with E-state index >= 15 is 0 Å². The van der Waals surface area contributed by atoms with Crippen molar-refractivity contribution in [2.75, 3.05) is 12.4 Å². The van der Waals surface area contributed by atoms with Gasteiger partial charge in [-0.3, -0.25) is 4.79 Å². The predicted molar refractivity (Wildman–Crippen MR) is 81.7 cm³/mol. The zero-order valence-electron chi connectivity index (χ0n) is 11.7. The highest BCUT2D eigenvalue weighted by Crippen LogP contribution is 2.50. The first-order valence-corrected chi connectivity index (χ1v) is 6.75. The summed E-state index contributed by atoms with van der Waals surface area (Å²) in [5.74, 6) is 0.200. The van der Waals surface area contributed by atoms with Gasteiger partial charge >= 0.3 is 0 Å². The van der Waals surface area contributed by atoms with Crippen LogP contribution in [0.1, 0.15) is 38.2 Å². The molecule has 1 fully saturated rings. The fraction of sp³-hybridized carbons (Fsp3) is 0.533. The molecule has 0 radical (unpaired) electrons. The summed E-state index contributed by atoms with van der Waals surface area (Å²) in [6, 6.07) is 8.04. The van der Waals surface area contributed by atoms with Crippen molar-refractivity contribution in [1.82, 2.24) is 5.32 Å². The van der Waals surface area contributed by atoms with Gasteiger partial charge in [0.2, 0.25) is 5.91 Å². The van der Waals surface area contributed by atoms with Crippen molar-refractivity contribution in [3.05, 3.63) is 29.8 Å². The predicted octanol–water partition coefficient (Wildman–Crippen LogP) is 3.35. The van der Waals surface area contributed by atoms with Gasteiger partial charge in [0.25, 0.3) is 0 Å². The van der Waals surface area contributed by atoms with Crippen LogP contribution in [0.15, 0.2) is 24.3 Å². The van der Waals surface area contributed by atoms with Gasteiger partial charge in [-0.1, -0.05) is 25.5 Å². The summed E-state index contributed by atoms with van der Waals surface area (Å²) in [4.78, 5) is 12.2. The Morgan fingerprint density at radius 3 is 2.68 bits per heavy atom. The zero-order valence-corrected chi connectivity index (χ0v) is 12.5. The smallest absolute Gasteiger partial charge is 0.230 e. The third kappa shape index (κ3) is 3.95. The van der Waals surface area contributed by atoms with Crippen molar-refractivity contribution >= 4 is 24.0 Å². The van der Waals surface area contributed by atoms with Crippen LogP contribution in [0.4, 0.5) is 5.69 Å². The number of amides is 1. The number of carbonyl (C=O) groups is 1. The molecule has 0 saturated heterocycles. The molecule has 0 spiro atoms. The van der Waals surface area contributed by atoms with Gasteiger partial charge in [0.1, 0.15) is 0 Å². The molecule has 1 aliphatic rings. The van der Waals surface area contributed by atoms with Crippen LogP contribution in [-0.2, 0) is 11.3 Å². The lowest BCUT2D eigenvalue weighted by Gasteiger charge is -2.14. The standard InChI is InChI=1S/C15H22N2O.ClH/c1-3-7-15(8-9-15)14(18)17-13-6-4-5-12(10-13)11-16-2;/h4-6,10,16H,3,7-9,11H2,1-2H3,(H,17,18);1H. The Bertz CT molecular complexity index is 430. The van der Waals surface area contributed by atoms with Gasteiger partial charge in [0.05, 0.1) is 0 Å². The van der Waals surface area contributed by atoms with E-state index in [-0.39, 0.29) is 23.7 Å². The van der Waals surface area contributed by atoms with E-state index in [0.717, 1.165) is 37.9 Å². The highest BCUT2D eigenvalue weighted by molar-refractivity contribution is 5.97. The van der Waals surface area contributed by atoms with Crippen LogP contribution < -0.4 is 10.6 Å². The van der Waals surface area contributed by atoms with Crippen LogP contribution in [0.3, 0.4) is 0 Å². The summed E-state index contributed by atoms with van der Waals surface area (Å²) in [6.45, 7) is 2.96. The number of hydrogen-bond donors (Lipinski definition) is 2. The van der Waals surface area contributed by atoms with Crippen molar-refractivity contribution in [2.45, 2.75) is 39.2 Å². The highest BCUT2D eigenvalue weighted by atomic mass is 35.5. The number of carbonyl (C=O) groups excluding carboxylic acids is 1. The molecule has 3 nitrogen and oxygen atoms in total. The normalized spacial score (nSPS) is 15.5. The molecule has 1 aromatic carbocycles. The van der Waals surface area contributed by atoms with Crippen LogP contribution in [0.5, 0.6) is 0 Å². The zero-order chi connectivity index (χ0) is 13.0. The second-order valence-electron chi connectivity index (χ2n) is 5.22. The Kier molecular flexibility index (Phi) is 5.83. The molecule has 1 aromatic rings. The Morgan fingerprint density at radius 1 is 1.37 bits per heavy atom. The average Bonchev–Trinajstić information content (AvgIpc) is 3.11. The third-order valence-electron chi connectivity index (χ3n) is 3.63. The van der Waals surface area contributed by atoms with E-state index in [2.05, 4.69) is 23.6 Å². The molecule has 1 amide bonds. The fourth-order valence-electron chi connectivity index (χ4n) is 2.45. The molecular weight excluding hydrogens is 260 g/mol. The van der Waals surface area contributed by atoms with E-state index in [1.54, 1.807) is 0 Å². The van der Waals surface area contributed by atoms with Crippen molar-refractivity contribution in [3.63, 3.8) is 0 Å². The number of hydrogen-bond acceptors (Lipinski definition) is 2. The van der Waals surface area contributed by atoms with Crippen LogP contribution in [0.2, 0.25) is 0 Å². The SMILES string of the molecule is CCCC1(C(=O)Nc2cccc(CNC)c2)CC1.Cl. The first-order valence-electron chi connectivity index (χ1n) is 6.75. The molecule has 1 saturated carbocycles. The van der Waals surface area contributed by atoms with Crippen LogP contribution >= 0.6 is 12.4 Å². The van der Waals surface area contributed by atoms with E-state index in [1.165, 1.54) is 5.56 Å². The van der Waals surface area contributed by atoms with Gasteiger partial charge in [-0.05, 0) is 44.0 Å². The fourth-order valence-corrected chi connectivity index (χ4v) is 2.45. The van der Waals surface area contributed by atoms with Crippen LogP contribution in [-0.4, -0.2) is 13.0 Å². The molecule has 0 bridgehead atoms. The maximum Gasteiger partial charge on any atom is 0.230 e. The van der Waals surface area contributed by atoms with Gasteiger partial charge in [-0.2, -0.15) is 0 Å². The number of benzene rings is 1. The average molecular weight is 283 g/mol. The number of halogens is 1. The van der Waals surface area contributed by atoms with Crippen LogP contribution in [0.25, 0.3) is 0 Å². The van der Waals surface area contributed by atoms with E-state index in [4.69, 9.17) is 0 Å². The molecule has 2 rings (SSSR count). The maximum absolute atomic E-state index is 12.2. The molecule has 19 heavy (non-hydrogen) atoms. The van der Waals surface area contributed by atoms with E-state index < -0.39 is 0 Å². The molecular formula is C15H23ClN2O. The van der Waals surface area contributed by atoms with Crippen LogP contribution in [0, 0.1) is 5.41 Å². The third-order valence-corrected chi connectivity index (χ3v) is 3.63. The molecule has 0 heterocycles. The molecule has 0 aliphatic heterocycles. The van der Waals surface area contributed by atoms with Gasteiger partial charge in [-0.15, -0.1) is 12.4 Å². The second kappa shape index (κ2) is 6.92. The summed E-state index contributed by atoms with van der Waals surface area (Å²) in [5, 5.41) is 6.18. The summed E-state index contributed by atoms with van der Waals surface area (Å²) >= 11 is 0. The topological polar surface area (TPSA) is 41.1 Å². The number of rotatable bonds is 6. The lowest BCUT2D eigenvalue weighted by Crippen LogP contribution is -2.24. The molecule has 0 unspecified atom stereocenters. The van der Waals surface area contributed by atoms with E-state index in [9.17, 15) is 4.79 Å². The summed E-state index contributed by atoms with van der Waals surface area (Å²) in [6.07, 6.45) is 4.17. The number of nitrogens with one attached hydrogen (secondary N) is 2. The van der Waals surface area contributed by atoms with Crippen molar-refractivity contribution in [3.8, 4) is 0 Å². The molecule has 1 aliphatic carbocycles. The lowest BCUT2D eigenvalue weighted by atomic mass is 9.99. The lowest BCUT2D eigenvalue weighted by molar-refractivity contribution is -0.121. The number of anilines is 1. The highest BCUT2D eigenvalue weighted by Gasteiger charge is 2.48. The van der Waals surface area contributed by atoms with Gasteiger partial charge in [0, 0.05) is 17.6 Å². The molecule has 2 N–H and O–H groups in total.